The van der Waals surface area contributed by atoms with E-state index in [1.54, 1.807) is 29.2 Å². The molecule has 2 aromatic rings. The molecule has 10 heteroatoms. The van der Waals surface area contributed by atoms with Gasteiger partial charge in [-0.2, -0.15) is 0 Å². The van der Waals surface area contributed by atoms with E-state index in [1.165, 1.54) is 19.2 Å². The first-order valence-corrected chi connectivity index (χ1v) is 12.9. The van der Waals surface area contributed by atoms with Crippen LogP contribution in [0.5, 0.6) is 0 Å². The van der Waals surface area contributed by atoms with Gasteiger partial charge in [-0.15, -0.1) is 0 Å². The molecular formula is C28H31FN4O5. The van der Waals surface area contributed by atoms with Crippen LogP contribution in [0, 0.1) is 5.82 Å². The van der Waals surface area contributed by atoms with Gasteiger partial charge in [0.05, 0.1) is 6.04 Å². The normalized spacial score (nSPS) is 24.1. The number of nitrogens with zero attached hydrogens (tertiary/aromatic N) is 2. The fourth-order valence-electron chi connectivity index (χ4n) is 6.06. The Kier molecular flexibility index (Phi) is 6.58. The Morgan fingerprint density at radius 2 is 1.95 bits per heavy atom. The fraction of sp³-hybridized carbons (Fsp3) is 0.429. The molecule has 1 aliphatic carbocycles. The number of imide groups is 1. The van der Waals surface area contributed by atoms with E-state index in [0.29, 0.717) is 30.5 Å². The Morgan fingerprint density at radius 1 is 1.16 bits per heavy atom. The first-order valence-electron chi connectivity index (χ1n) is 12.9. The maximum atomic E-state index is 13.9. The average molecular weight is 523 g/mol. The second-order valence-electron chi connectivity index (χ2n) is 10.1. The molecule has 5 rings (SSSR count). The van der Waals surface area contributed by atoms with Gasteiger partial charge in [0.25, 0.3) is 5.91 Å². The molecule has 2 aliphatic heterocycles. The monoisotopic (exact) mass is 522 g/mol. The molecule has 2 heterocycles. The molecule has 200 valence electrons. The number of nitrogens with one attached hydrogen (secondary N) is 2. The highest BCUT2D eigenvalue weighted by atomic mass is 19.1. The summed E-state index contributed by atoms with van der Waals surface area (Å²) < 4.78 is 19.5. The van der Waals surface area contributed by atoms with E-state index in [-0.39, 0.29) is 36.3 Å². The number of ether oxygens (including phenoxy) is 1. The van der Waals surface area contributed by atoms with Crippen LogP contribution in [0.1, 0.15) is 61.4 Å². The predicted molar refractivity (Wildman–Crippen MR) is 137 cm³/mol. The van der Waals surface area contributed by atoms with E-state index in [1.807, 2.05) is 13.8 Å². The zero-order valence-electron chi connectivity index (χ0n) is 21.7. The number of fused-ring (bicyclic) bond motifs is 2. The van der Waals surface area contributed by atoms with Gasteiger partial charge >= 0.3 is 12.1 Å². The van der Waals surface area contributed by atoms with E-state index < -0.39 is 24.1 Å². The number of hydrogen-bond acceptors (Lipinski definition) is 5. The minimum absolute atomic E-state index is 0.0941. The molecule has 2 unspecified atom stereocenters. The van der Waals surface area contributed by atoms with E-state index in [9.17, 15) is 23.6 Å². The standard InChI is InChI=1S/C28H31FN4O5/c1-4-17-13-19(29)6-8-21(17)23-10-5-16(2)33(23)24(34)15-32-25(35)28(38-27(32)37)12-11-18-14-20(7-9-22(18)28)31-26(36)30-3/h6-9,13-14,16,23H,4-5,10-12,15H2,1-3H3,(H2,30,31,36)/t16?,23?,28-/m1/s1. The van der Waals surface area contributed by atoms with E-state index >= 15 is 0 Å². The molecule has 2 fully saturated rings. The molecule has 2 N–H and O–H groups in total. The average Bonchev–Trinajstić information content (AvgIpc) is 3.53. The maximum Gasteiger partial charge on any atom is 0.418 e. The highest BCUT2D eigenvalue weighted by Gasteiger charge is 2.58. The number of carbonyl (C=O) groups is 4. The third-order valence-electron chi connectivity index (χ3n) is 7.94. The molecule has 0 saturated carbocycles. The van der Waals surface area contributed by atoms with Crippen molar-refractivity contribution >= 4 is 29.6 Å². The Morgan fingerprint density at radius 3 is 2.68 bits per heavy atom. The molecular weight excluding hydrogens is 491 g/mol. The number of hydrogen-bond donors (Lipinski definition) is 2. The van der Waals surface area contributed by atoms with E-state index in [0.717, 1.165) is 28.0 Å². The zero-order valence-corrected chi connectivity index (χ0v) is 21.7. The van der Waals surface area contributed by atoms with Crippen LogP contribution in [0.25, 0.3) is 0 Å². The zero-order chi connectivity index (χ0) is 27.2. The smallest absolute Gasteiger partial charge is 0.418 e. The molecule has 0 aromatic heterocycles. The van der Waals surface area contributed by atoms with Gasteiger partial charge in [-0.1, -0.05) is 19.1 Å². The van der Waals surface area contributed by atoms with Crippen molar-refractivity contribution in [2.24, 2.45) is 0 Å². The lowest BCUT2D eigenvalue weighted by atomic mass is 9.94. The molecule has 38 heavy (non-hydrogen) atoms. The van der Waals surface area contributed by atoms with Crippen LogP contribution in [0.3, 0.4) is 0 Å². The second-order valence-corrected chi connectivity index (χ2v) is 10.1. The van der Waals surface area contributed by atoms with Crippen molar-refractivity contribution in [3.05, 3.63) is 64.5 Å². The van der Waals surface area contributed by atoms with Crippen LogP contribution in [0.15, 0.2) is 36.4 Å². The first-order chi connectivity index (χ1) is 18.2. The minimum atomic E-state index is -1.47. The molecule has 2 aromatic carbocycles. The van der Waals surface area contributed by atoms with Crippen LogP contribution in [-0.4, -0.2) is 53.4 Å². The fourth-order valence-corrected chi connectivity index (χ4v) is 6.06. The number of amides is 5. The van der Waals surface area contributed by atoms with Crippen molar-refractivity contribution in [2.75, 3.05) is 18.9 Å². The van der Waals surface area contributed by atoms with E-state index in [2.05, 4.69) is 10.6 Å². The van der Waals surface area contributed by atoms with Crippen LogP contribution < -0.4 is 10.6 Å². The molecule has 1 spiro atoms. The van der Waals surface area contributed by atoms with Crippen LogP contribution in [0.2, 0.25) is 0 Å². The van der Waals surface area contributed by atoms with Crippen molar-refractivity contribution in [3.63, 3.8) is 0 Å². The molecule has 3 aliphatic rings. The second kappa shape index (κ2) is 9.74. The number of rotatable bonds is 5. The summed E-state index contributed by atoms with van der Waals surface area (Å²) in [5.74, 6) is -1.23. The summed E-state index contributed by atoms with van der Waals surface area (Å²) >= 11 is 0. The molecule has 2 saturated heterocycles. The number of carbonyl (C=O) groups excluding carboxylic acids is 4. The highest BCUT2D eigenvalue weighted by Crippen LogP contribution is 2.46. The molecule has 0 radical (unpaired) electrons. The van der Waals surface area contributed by atoms with Crippen molar-refractivity contribution in [1.29, 1.82) is 0 Å². The van der Waals surface area contributed by atoms with Gasteiger partial charge in [0.15, 0.2) is 0 Å². The summed E-state index contributed by atoms with van der Waals surface area (Å²) in [6.45, 7) is 3.46. The predicted octanol–water partition coefficient (Wildman–Crippen LogP) is 4.01. The number of aryl methyl sites for hydroxylation is 2. The first kappa shape index (κ1) is 25.7. The number of benzene rings is 2. The number of anilines is 1. The van der Waals surface area contributed by atoms with Crippen LogP contribution >= 0.6 is 0 Å². The SMILES string of the molecule is CCc1cc(F)ccc1C1CCC(C)N1C(=O)CN1C(=O)O[C@@]2(CCc3cc(NC(=O)NC)ccc32)C1=O. The molecule has 3 atom stereocenters. The molecule has 9 nitrogen and oxygen atoms in total. The summed E-state index contributed by atoms with van der Waals surface area (Å²) in [5, 5.41) is 5.18. The lowest BCUT2D eigenvalue weighted by Crippen LogP contribution is -2.46. The van der Waals surface area contributed by atoms with Gasteiger partial charge in [-0.05, 0) is 73.6 Å². The van der Waals surface area contributed by atoms with Gasteiger partial charge < -0.3 is 20.3 Å². The topological polar surface area (TPSA) is 108 Å². The Bertz CT molecular complexity index is 1330. The summed E-state index contributed by atoms with van der Waals surface area (Å²) in [5.41, 5.74) is 2.19. The number of likely N-dealkylation sites (tertiary alicyclic amines) is 1. The quantitative estimate of drug-likeness (QED) is 0.617. The third-order valence-corrected chi connectivity index (χ3v) is 7.94. The van der Waals surface area contributed by atoms with Gasteiger partial charge in [0.1, 0.15) is 12.4 Å². The minimum Gasteiger partial charge on any atom is -0.427 e. The Balaban J connectivity index is 1.37. The Hall–Kier alpha value is -3.95. The van der Waals surface area contributed by atoms with Gasteiger partial charge in [0.2, 0.25) is 11.5 Å². The molecule has 5 amide bonds. The van der Waals surface area contributed by atoms with Crippen molar-refractivity contribution in [2.45, 2.75) is 63.6 Å². The van der Waals surface area contributed by atoms with Crippen molar-refractivity contribution in [3.8, 4) is 0 Å². The number of urea groups is 1. The molecule has 0 bridgehead atoms. The summed E-state index contributed by atoms with van der Waals surface area (Å²) in [4.78, 5) is 54.4. The maximum absolute atomic E-state index is 13.9. The van der Waals surface area contributed by atoms with Crippen molar-refractivity contribution in [1.82, 2.24) is 15.1 Å². The van der Waals surface area contributed by atoms with Crippen LogP contribution in [0.4, 0.5) is 19.7 Å². The largest absolute Gasteiger partial charge is 0.427 e. The van der Waals surface area contributed by atoms with Crippen molar-refractivity contribution < 1.29 is 28.3 Å². The highest BCUT2D eigenvalue weighted by molar-refractivity contribution is 6.06. The lowest BCUT2D eigenvalue weighted by Gasteiger charge is -2.31. The van der Waals surface area contributed by atoms with Gasteiger partial charge in [-0.3, -0.25) is 9.59 Å². The Labute approximate surface area is 220 Å². The van der Waals surface area contributed by atoms with Gasteiger partial charge in [-0.25, -0.2) is 18.9 Å². The van der Waals surface area contributed by atoms with E-state index in [4.69, 9.17) is 4.74 Å². The van der Waals surface area contributed by atoms with Crippen LogP contribution in [-0.2, 0) is 32.8 Å². The number of halogens is 1. The van der Waals surface area contributed by atoms with Gasteiger partial charge in [0, 0.05) is 30.8 Å². The third kappa shape index (κ3) is 4.17. The summed E-state index contributed by atoms with van der Waals surface area (Å²) in [6.07, 6.45) is 2.00. The lowest BCUT2D eigenvalue weighted by molar-refractivity contribution is -0.143. The summed E-state index contributed by atoms with van der Waals surface area (Å²) in [7, 11) is 1.51. The summed E-state index contributed by atoms with van der Waals surface area (Å²) in [6, 6.07) is 9.01.